The van der Waals surface area contributed by atoms with E-state index in [0.717, 1.165) is 42.1 Å². The zero-order valence-corrected chi connectivity index (χ0v) is 19.0. The molecule has 0 radical (unpaired) electrons. The highest BCUT2D eigenvalue weighted by Gasteiger charge is 2.21. The van der Waals surface area contributed by atoms with Crippen LogP contribution in [-0.4, -0.2) is 31.8 Å². The number of Topliss-reactive ketones (excluding diaryl/α,β-unsaturated/α-hetero) is 2. The number of aryl methyl sites for hydroxylation is 4. The van der Waals surface area contributed by atoms with E-state index in [2.05, 4.69) is 0 Å². The Morgan fingerprint density at radius 2 is 1.28 bits per heavy atom. The third-order valence-electron chi connectivity index (χ3n) is 4.79. The minimum Gasteiger partial charge on any atom is -0.497 e. The number of carbonyl (C=O) groups excluding carboxylic acids is 2. The number of carbonyl (C=O) groups is 2. The number of anilines is 1. The molecule has 0 bridgehead atoms. The van der Waals surface area contributed by atoms with Crippen LogP contribution in [-0.2, 0) is 0 Å². The molecule has 0 atom stereocenters. The Balaban J connectivity index is 1.88. The van der Waals surface area contributed by atoms with Gasteiger partial charge in [0.2, 0.25) is 0 Å². The van der Waals surface area contributed by atoms with Gasteiger partial charge in [0.25, 0.3) is 0 Å². The Bertz CT molecular complexity index is 971. The summed E-state index contributed by atoms with van der Waals surface area (Å²) < 4.78 is 5.24. The van der Waals surface area contributed by atoms with Crippen LogP contribution in [0.4, 0.5) is 5.69 Å². The van der Waals surface area contributed by atoms with Crippen molar-refractivity contribution in [3.05, 3.63) is 67.0 Å². The third kappa shape index (κ3) is 4.95. The van der Waals surface area contributed by atoms with Crippen LogP contribution < -0.4 is 9.64 Å². The van der Waals surface area contributed by atoms with Crippen molar-refractivity contribution in [2.75, 3.05) is 25.1 Å². The number of ketones is 2. The van der Waals surface area contributed by atoms with Gasteiger partial charge >= 0.3 is 0 Å². The normalized spacial score (nSPS) is 10.8. The molecule has 6 heteroatoms. The molecule has 0 aliphatic rings. The lowest BCUT2D eigenvalue weighted by Crippen LogP contribution is -2.35. The highest BCUT2D eigenvalue weighted by atomic mass is 32.1. The second-order valence-electron chi connectivity index (χ2n) is 7.05. The Morgan fingerprint density at radius 1 is 0.828 bits per heavy atom. The molecule has 29 heavy (non-hydrogen) atoms. The molecule has 0 fully saturated rings. The summed E-state index contributed by atoms with van der Waals surface area (Å²) in [7, 11) is 1.61. The topological polar surface area (TPSA) is 46.6 Å². The van der Waals surface area contributed by atoms with Crippen molar-refractivity contribution in [2.45, 2.75) is 27.7 Å². The van der Waals surface area contributed by atoms with Gasteiger partial charge in [-0.15, -0.1) is 22.7 Å². The van der Waals surface area contributed by atoms with Gasteiger partial charge in [-0.2, -0.15) is 0 Å². The second-order valence-corrected chi connectivity index (χ2v) is 9.98. The van der Waals surface area contributed by atoms with Gasteiger partial charge in [0.1, 0.15) is 5.75 Å². The van der Waals surface area contributed by atoms with Crippen LogP contribution in [0.3, 0.4) is 0 Å². The van der Waals surface area contributed by atoms with Crippen molar-refractivity contribution in [3.63, 3.8) is 0 Å². The maximum atomic E-state index is 13.0. The molecular weight excluding hydrogens is 402 g/mol. The van der Waals surface area contributed by atoms with Gasteiger partial charge in [-0.25, -0.2) is 0 Å². The van der Waals surface area contributed by atoms with Crippen LogP contribution in [0.5, 0.6) is 5.75 Å². The number of nitrogens with zero attached hydrogens (tertiary/aromatic N) is 1. The molecule has 152 valence electrons. The van der Waals surface area contributed by atoms with E-state index in [1.807, 2.05) is 69.0 Å². The molecule has 0 amide bonds. The molecule has 0 unspecified atom stereocenters. The average molecular weight is 428 g/mol. The molecule has 2 heterocycles. The van der Waals surface area contributed by atoms with Crippen LogP contribution in [0.1, 0.15) is 40.2 Å². The second kappa shape index (κ2) is 8.93. The van der Waals surface area contributed by atoms with Crippen LogP contribution in [0, 0.1) is 27.7 Å². The van der Waals surface area contributed by atoms with Gasteiger partial charge < -0.3 is 9.64 Å². The van der Waals surface area contributed by atoms with E-state index in [4.69, 9.17) is 4.74 Å². The van der Waals surface area contributed by atoms with E-state index >= 15 is 0 Å². The standard InChI is InChI=1S/C23H25NO3S2/c1-14-10-20(16(3)28-14)22(25)12-24(18-6-8-19(27-5)9-7-18)13-23(26)21-11-15(2)29-17(21)4/h6-11H,12-13H2,1-5H3. The number of rotatable bonds is 8. The van der Waals surface area contributed by atoms with Crippen LogP contribution in [0.25, 0.3) is 0 Å². The van der Waals surface area contributed by atoms with Gasteiger partial charge in [-0.3, -0.25) is 9.59 Å². The fourth-order valence-corrected chi connectivity index (χ4v) is 5.25. The molecule has 1 aromatic carbocycles. The number of methoxy groups -OCH3 is 1. The maximum Gasteiger partial charge on any atom is 0.183 e. The minimum atomic E-state index is 0.0219. The van der Waals surface area contributed by atoms with Crippen molar-refractivity contribution in [3.8, 4) is 5.75 Å². The van der Waals surface area contributed by atoms with Gasteiger partial charge in [-0.1, -0.05) is 0 Å². The monoisotopic (exact) mass is 427 g/mol. The fourth-order valence-electron chi connectivity index (χ4n) is 3.36. The lowest BCUT2D eigenvalue weighted by molar-refractivity contribution is 0.0984. The molecule has 3 rings (SSSR count). The van der Waals surface area contributed by atoms with Gasteiger partial charge in [0.05, 0.1) is 20.2 Å². The van der Waals surface area contributed by atoms with E-state index in [0.29, 0.717) is 0 Å². The fraction of sp³-hybridized carbons (Fsp3) is 0.304. The zero-order valence-electron chi connectivity index (χ0n) is 17.4. The van der Waals surface area contributed by atoms with E-state index in [-0.39, 0.29) is 24.7 Å². The molecule has 0 spiro atoms. The Morgan fingerprint density at radius 3 is 1.62 bits per heavy atom. The average Bonchev–Trinajstić information content (AvgIpc) is 3.21. The van der Waals surface area contributed by atoms with E-state index in [1.165, 1.54) is 0 Å². The van der Waals surface area contributed by atoms with Crippen molar-refractivity contribution >= 4 is 39.9 Å². The number of thiophene rings is 2. The zero-order chi connectivity index (χ0) is 21.1. The van der Waals surface area contributed by atoms with Crippen molar-refractivity contribution in [2.24, 2.45) is 0 Å². The molecule has 0 saturated carbocycles. The highest BCUT2D eigenvalue weighted by molar-refractivity contribution is 7.12. The lowest BCUT2D eigenvalue weighted by Gasteiger charge is -2.24. The molecular formula is C23H25NO3S2. The summed E-state index contributed by atoms with van der Waals surface area (Å²) in [6.07, 6.45) is 0. The lowest BCUT2D eigenvalue weighted by atomic mass is 10.1. The molecule has 0 aliphatic carbocycles. The first-order valence-corrected chi connectivity index (χ1v) is 11.0. The summed E-state index contributed by atoms with van der Waals surface area (Å²) in [5.41, 5.74) is 2.30. The van der Waals surface area contributed by atoms with Crippen LogP contribution >= 0.6 is 22.7 Å². The molecule has 0 N–H and O–H groups in total. The molecule has 3 aromatic rings. The van der Waals surface area contributed by atoms with Crippen LogP contribution in [0.15, 0.2) is 36.4 Å². The molecule has 2 aromatic heterocycles. The Kier molecular flexibility index (Phi) is 6.55. The summed E-state index contributed by atoms with van der Waals surface area (Å²) in [6.45, 7) is 8.23. The van der Waals surface area contributed by atoms with Gasteiger partial charge in [-0.05, 0) is 64.1 Å². The summed E-state index contributed by atoms with van der Waals surface area (Å²) in [5.74, 6) is 0.780. The SMILES string of the molecule is COc1ccc(N(CC(=O)c2cc(C)sc2C)CC(=O)c2cc(C)sc2C)cc1. The summed E-state index contributed by atoms with van der Waals surface area (Å²) >= 11 is 3.24. The Labute approximate surface area is 179 Å². The Hall–Kier alpha value is -2.44. The van der Waals surface area contributed by atoms with Crippen molar-refractivity contribution < 1.29 is 14.3 Å². The van der Waals surface area contributed by atoms with Gasteiger partial charge in [0, 0.05) is 36.3 Å². The van der Waals surface area contributed by atoms with Crippen molar-refractivity contribution in [1.82, 2.24) is 0 Å². The summed E-state index contributed by atoms with van der Waals surface area (Å²) in [5, 5.41) is 0. The smallest absolute Gasteiger partial charge is 0.183 e. The number of hydrogen-bond donors (Lipinski definition) is 0. The number of benzene rings is 1. The molecule has 0 aliphatic heterocycles. The van der Waals surface area contributed by atoms with E-state index in [9.17, 15) is 9.59 Å². The highest BCUT2D eigenvalue weighted by Crippen LogP contribution is 2.25. The minimum absolute atomic E-state index is 0.0219. The van der Waals surface area contributed by atoms with E-state index in [1.54, 1.807) is 29.8 Å². The number of hydrogen-bond acceptors (Lipinski definition) is 6. The molecule has 0 saturated heterocycles. The predicted molar refractivity (Wildman–Crippen MR) is 121 cm³/mol. The van der Waals surface area contributed by atoms with E-state index < -0.39 is 0 Å². The predicted octanol–water partition coefficient (Wildman–Crippen LogP) is 5.62. The first kappa shape index (κ1) is 21.3. The maximum absolute atomic E-state index is 13.0. The quantitative estimate of drug-likeness (QED) is 0.438. The summed E-state index contributed by atoms with van der Waals surface area (Å²) in [6, 6.07) is 11.3. The number of ether oxygens (including phenoxy) is 1. The first-order chi connectivity index (χ1) is 13.8. The van der Waals surface area contributed by atoms with Crippen LogP contribution in [0.2, 0.25) is 0 Å². The largest absolute Gasteiger partial charge is 0.497 e. The van der Waals surface area contributed by atoms with Crippen molar-refractivity contribution in [1.29, 1.82) is 0 Å². The molecule has 4 nitrogen and oxygen atoms in total. The first-order valence-electron chi connectivity index (χ1n) is 9.38. The third-order valence-corrected chi connectivity index (χ3v) is 6.72. The van der Waals surface area contributed by atoms with Gasteiger partial charge in [0.15, 0.2) is 11.6 Å². The summed E-state index contributed by atoms with van der Waals surface area (Å²) in [4.78, 5) is 32.1.